The van der Waals surface area contributed by atoms with E-state index >= 15 is 0 Å². The maximum absolute atomic E-state index is 11.7. The summed E-state index contributed by atoms with van der Waals surface area (Å²) in [6.07, 6.45) is 5.57. The molecule has 0 amide bonds. The molecule has 1 aromatic rings. The van der Waals surface area contributed by atoms with Crippen molar-refractivity contribution in [2.45, 2.75) is 51.2 Å². The summed E-state index contributed by atoms with van der Waals surface area (Å²) in [4.78, 5) is 15.9. The van der Waals surface area contributed by atoms with Gasteiger partial charge in [-0.05, 0) is 33.6 Å². The molecule has 1 aromatic heterocycles. The Hall–Kier alpha value is -1.36. The number of hydrogen-bond donors (Lipinski definition) is 1. The lowest BCUT2D eigenvalue weighted by Crippen LogP contribution is -2.26. The molecule has 1 heterocycles. The molecule has 2 rings (SSSR count). The fraction of sp³-hybridized carbons (Fsp3) is 0.667. The van der Waals surface area contributed by atoms with E-state index in [1.54, 1.807) is 6.20 Å². The molecule has 0 aromatic carbocycles. The maximum atomic E-state index is 11.7. The van der Waals surface area contributed by atoms with Crippen molar-refractivity contribution in [3.05, 3.63) is 18.2 Å². The minimum atomic E-state index is -0.493. The van der Waals surface area contributed by atoms with Crippen molar-refractivity contribution in [1.82, 2.24) is 9.55 Å². The number of carbonyl (C=O) groups is 1. The van der Waals surface area contributed by atoms with Crippen LogP contribution in [0.15, 0.2) is 12.5 Å². The van der Waals surface area contributed by atoms with Crippen LogP contribution in [-0.2, 0) is 11.2 Å². The molecule has 1 aliphatic rings. The zero-order chi connectivity index (χ0) is 12.7. The normalized spacial score (nSPS) is 17.9. The second-order valence-corrected chi connectivity index (χ2v) is 5.79. The molecule has 0 radical (unpaired) electrons. The Morgan fingerprint density at radius 1 is 1.59 bits per heavy atom. The number of aromatic nitrogens is 2. The van der Waals surface area contributed by atoms with Crippen LogP contribution < -0.4 is 5.73 Å². The van der Waals surface area contributed by atoms with Crippen LogP contribution in [0.4, 0.5) is 4.79 Å². The standard InChI is InChI=1S/C12H19N3O2/c1-11(2,3)17-10(16)15-7-9(14-8-15)6-12(13)4-5-12/h7-8H,4-6,13H2,1-3H3. The first-order valence-electron chi connectivity index (χ1n) is 5.83. The van der Waals surface area contributed by atoms with E-state index in [1.807, 2.05) is 20.8 Å². The molecule has 1 fully saturated rings. The maximum Gasteiger partial charge on any atom is 0.419 e. The Morgan fingerprint density at radius 2 is 2.24 bits per heavy atom. The second-order valence-electron chi connectivity index (χ2n) is 5.79. The molecule has 17 heavy (non-hydrogen) atoms. The predicted molar refractivity (Wildman–Crippen MR) is 63.7 cm³/mol. The molecule has 0 spiro atoms. The number of rotatable bonds is 2. The largest absolute Gasteiger partial charge is 0.443 e. The van der Waals surface area contributed by atoms with E-state index in [1.165, 1.54) is 10.9 Å². The van der Waals surface area contributed by atoms with Gasteiger partial charge in [0.15, 0.2) is 0 Å². The monoisotopic (exact) mass is 237 g/mol. The Morgan fingerprint density at radius 3 is 2.76 bits per heavy atom. The van der Waals surface area contributed by atoms with Crippen LogP contribution in [0.5, 0.6) is 0 Å². The van der Waals surface area contributed by atoms with Crippen LogP contribution in [0.25, 0.3) is 0 Å². The predicted octanol–water partition coefficient (Wildman–Crippen LogP) is 1.70. The molecular weight excluding hydrogens is 218 g/mol. The van der Waals surface area contributed by atoms with Crippen molar-refractivity contribution >= 4 is 6.09 Å². The number of ether oxygens (including phenoxy) is 1. The lowest BCUT2D eigenvalue weighted by atomic mass is 10.1. The minimum absolute atomic E-state index is 0.0902. The highest BCUT2D eigenvalue weighted by molar-refractivity contribution is 5.70. The molecule has 0 atom stereocenters. The second kappa shape index (κ2) is 3.84. The van der Waals surface area contributed by atoms with Gasteiger partial charge in [0.05, 0.1) is 5.69 Å². The Labute approximate surface area is 101 Å². The van der Waals surface area contributed by atoms with Crippen LogP contribution in [0.3, 0.4) is 0 Å². The van der Waals surface area contributed by atoms with Crippen molar-refractivity contribution in [3.63, 3.8) is 0 Å². The molecule has 1 aliphatic carbocycles. The number of imidazole rings is 1. The number of nitrogens with two attached hydrogens (primary N) is 1. The van der Waals surface area contributed by atoms with E-state index in [-0.39, 0.29) is 5.54 Å². The molecule has 5 heteroatoms. The van der Waals surface area contributed by atoms with Crippen molar-refractivity contribution in [2.24, 2.45) is 5.73 Å². The lowest BCUT2D eigenvalue weighted by Gasteiger charge is -2.19. The lowest BCUT2D eigenvalue weighted by molar-refractivity contribution is 0.0536. The first-order chi connectivity index (χ1) is 7.77. The van der Waals surface area contributed by atoms with Gasteiger partial charge in [-0.2, -0.15) is 0 Å². The third-order valence-corrected chi connectivity index (χ3v) is 2.67. The quantitative estimate of drug-likeness (QED) is 0.850. The molecule has 0 unspecified atom stereocenters. The van der Waals surface area contributed by atoms with Gasteiger partial charge in [0.25, 0.3) is 0 Å². The molecular formula is C12H19N3O2. The molecule has 5 nitrogen and oxygen atoms in total. The average Bonchev–Trinajstić information content (AvgIpc) is 2.72. The zero-order valence-corrected chi connectivity index (χ0v) is 10.6. The first kappa shape index (κ1) is 12.1. The molecule has 0 saturated heterocycles. The van der Waals surface area contributed by atoms with Crippen LogP contribution in [0.2, 0.25) is 0 Å². The van der Waals surface area contributed by atoms with Crippen LogP contribution >= 0.6 is 0 Å². The minimum Gasteiger partial charge on any atom is -0.443 e. The third kappa shape index (κ3) is 3.30. The molecule has 2 N–H and O–H groups in total. The third-order valence-electron chi connectivity index (χ3n) is 2.67. The van der Waals surface area contributed by atoms with Gasteiger partial charge >= 0.3 is 6.09 Å². The summed E-state index contributed by atoms with van der Waals surface area (Å²) in [5, 5.41) is 0. The van der Waals surface area contributed by atoms with E-state index in [0.717, 1.165) is 25.0 Å². The Balaban J connectivity index is 2.00. The fourth-order valence-corrected chi connectivity index (χ4v) is 1.57. The van der Waals surface area contributed by atoms with E-state index in [0.29, 0.717) is 0 Å². The average molecular weight is 237 g/mol. The number of nitrogens with zero attached hydrogens (tertiary/aromatic N) is 2. The summed E-state index contributed by atoms with van der Waals surface area (Å²) < 4.78 is 6.60. The van der Waals surface area contributed by atoms with E-state index in [4.69, 9.17) is 10.5 Å². The van der Waals surface area contributed by atoms with Crippen LogP contribution in [0.1, 0.15) is 39.3 Å². The summed E-state index contributed by atoms with van der Waals surface area (Å²) >= 11 is 0. The van der Waals surface area contributed by atoms with Crippen molar-refractivity contribution in [2.75, 3.05) is 0 Å². The highest BCUT2D eigenvalue weighted by Crippen LogP contribution is 2.35. The smallest absolute Gasteiger partial charge is 0.419 e. The summed E-state index contributed by atoms with van der Waals surface area (Å²) in [6.45, 7) is 5.51. The van der Waals surface area contributed by atoms with Crippen LogP contribution in [-0.4, -0.2) is 26.8 Å². The van der Waals surface area contributed by atoms with Gasteiger partial charge in [-0.1, -0.05) is 0 Å². The summed E-state index contributed by atoms with van der Waals surface area (Å²) in [5.74, 6) is 0. The van der Waals surface area contributed by atoms with Gasteiger partial charge < -0.3 is 10.5 Å². The number of carbonyl (C=O) groups excluding carboxylic acids is 1. The van der Waals surface area contributed by atoms with Crippen molar-refractivity contribution in [3.8, 4) is 0 Å². The first-order valence-corrected chi connectivity index (χ1v) is 5.83. The van der Waals surface area contributed by atoms with E-state index in [2.05, 4.69) is 4.98 Å². The van der Waals surface area contributed by atoms with Gasteiger partial charge in [0, 0.05) is 18.2 Å². The fourth-order valence-electron chi connectivity index (χ4n) is 1.57. The molecule has 94 valence electrons. The highest BCUT2D eigenvalue weighted by atomic mass is 16.6. The van der Waals surface area contributed by atoms with Crippen LogP contribution in [0, 0.1) is 0 Å². The van der Waals surface area contributed by atoms with Gasteiger partial charge in [0.2, 0.25) is 0 Å². The molecule has 0 aliphatic heterocycles. The summed E-state index contributed by atoms with van der Waals surface area (Å²) in [7, 11) is 0. The van der Waals surface area contributed by atoms with Gasteiger partial charge in [-0.25, -0.2) is 14.3 Å². The van der Waals surface area contributed by atoms with E-state index in [9.17, 15) is 4.79 Å². The summed E-state index contributed by atoms with van der Waals surface area (Å²) in [5.41, 5.74) is 6.26. The van der Waals surface area contributed by atoms with Crippen molar-refractivity contribution in [1.29, 1.82) is 0 Å². The SMILES string of the molecule is CC(C)(C)OC(=O)n1cnc(CC2(N)CC2)c1. The summed E-state index contributed by atoms with van der Waals surface area (Å²) in [6, 6.07) is 0. The number of hydrogen-bond acceptors (Lipinski definition) is 4. The Bertz CT molecular complexity index is 427. The van der Waals surface area contributed by atoms with E-state index < -0.39 is 11.7 Å². The zero-order valence-electron chi connectivity index (χ0n) is 10.6. The molecule has 1 saturated carbocycles. The highest BCUT2D eigenvalue weighted by Gasteiger charge is 2.38. The Kier molecular flexibility index (Phi) is 2.73. The van der Waals surface area contributed by atoms with Gasteiger partial charge in [0.1, 0.15) is 11.9 Å². The molecule has 0 bridgehead atoms. The van der Waals surface area contributed by atoms with Gasteiger partial charge in [-0.3, -0.25) is 0 Å². The van der Waals surface area contributed by atoms with Gasteiger partial charge in [-0.15, -0.1) is 0 Å². The van der Waals surface area contributed by atoms with Crippen molar-refractivity contribution < 1.29 is 9.53 Å². The topological polar surface area (TPSA) is 70.1 Å².